The van der Waals surface area contributed by atoms with E-state index in [1.165, 1.54) is 11.3 Å². The fraction of sp³-hybridized carbons (Fsp3) is 0.130. The largest absolute Gasteiger partial charge is 0.298 e. The number of nitrogens with one attached hydrogen (secondary N) is 2. The second-order valence-corrected chi connectivity index (χ2v) is 8.34. The molecule has 0 radical (unpaired) electrons. The first-order chi connectivity index (χ1) is 15.1. The number of thiazole rings is 1. The number of benzene rings is 2. The third kappa shape index (κ3) is 4.55. The van der Waals surface area contributed by atoms with Crippen molar-refractivity contribution in [1.82, 2.24) is 19.7 Å². The number of aromatic amines is 1. The summed E-state index contributed by atoms with van der Waals surface area (Å²) in [5, 5.41) is 10.6. The lowest BCUT2D eigenvalue weighted by Gasteiger charge is -2.09. The molecule has 2 aromatic carbocycles. The van der Waals surface area contributed by atoms with Gasteiger partial charge in [-0.1, -0.05) is 65.9 Å². The molecular weight excluding hydrogens is 426 g/mol. The maximum Gasteiger partial charge on any atom is 0.257 e. The van der Waals surface area contributed by atoms with Crippen molar-refractivity contribution >= 4 is 34.6 Å². The van der Waals surface area contributed by atoms with Gasteiger partial charge in [0.25, 0.3) is 5.91 Å². The molecule has 0 saturated heterocycles. The van der Waals surface area contributed by atoms with Crippen molar-refractivity contribution in [3.8, 4) is 10.7 Å². The van der Waals surface area contributed by atoms with E-state index in [1.54, 1.807) is 6.08 Å². The minimum absolute atomic E-state index is 0.184. The Morgan fingerprint density at radius 3 is 2.74 bits per heavy atom. The van der Waals surface area contributed by atoms with Gasteiger partial charge in [-0.3, -0.25) is 19.8 Å². The van der Waals surface area contributed by atoms with E-state index in [0.717, 1.165) is 21.7 Å². The van der Waals surface area contributed by atoms with Crippen LogP contribution in [0.2, 0.25) is 0 Å². The number of amides is 1. The molecule has 0 aliphatic rings. The molecule has 1 amide bonds. The number of hydrogen-bond donors (Lipinski definition) is 2. The topological polar surface area (TPSA) is 75.6 Å². The van der Waals surface area contributed by atoms with Gasteiger partial charge in [0.15, 0.2) is 15.7 Å². The van der Waals surface area contributed by atoms with Crippen LogP contribution in [0.25, 0.3) is 10.7 Å². The number of anilines is 1. The number of carbonyl (C=O) groups excluding carboxylic acids is 1. The predicted octanol–water partition coefficient (Wildman–Crippen LogP) is 5.40. The summed E-state index contributed by atoms with van der Waals surface area (Å²) in [7, 11) is 0. The fourth-order valence-electron chi connectivity index (χ4n) is 3.32. The standard InChI is InChI=1S/C23H21N5OS2/c1-3-13-28-20(26-27-23(28)30)19-15(2)24-22(31-19)25-21(29)18-12-8-7-11-17(18)14-16-9-5-4-6-10-16/h3-12H,1,13-14H2,2H3,(H,27,30)(H,24,25,29). The van der Waals surface area contributed by atoms with Crippen LogP contribution in [-0.4, -0.2) is 25.7 Å². The van der Waals surface area contributed by atoms with Crippen LogP contribution in [0.15, 0.2) is 67.3 Å². The molecule has 8 heteroatoms. The lowest BCUT2D eigenvalue weighted by molar-refractivity contribution is 0.102. The molecule has 0 saturated carbocycles. The molecule has 0 aliphatic heterocycles. The Morgan fingerprint density at radius 1 is 1.23 bits per heavy atom. The number of hydrogen-bond acceptors (Lipinski definition) is 5. The molecule has 4 rings (SSSR count). The van der Waals surface area contributed by atoms with E-state index in [9.17, 15) is 4.79 Å². The third-order valence-corrected chi connectivity index (χ3v) is 6.17. The zero-order valence-corrected chi connectivity index (χ0v) is 18.6. The van der Waals surface area contributed by atoms with Gasteiger partial charge in [0.05, 0.1) is 10.6 Å². The van der Waals surface area contributed by atoms with Gasteiger partial charge in [0, 0.05) is 12.1 Å². The summed E-state index contributed by atoms with van der Waals surface area (Å²) in [4.78, 5) is 18.4. The summed E-state index contributed by atoms with van der Waals surface area (Å²) < 4.78 is 2.37. The highest BCUT2D eigenvalue weighted by molar-refractivity contribution is 7.71. The van der Waals surface area contributed by atoms with E-state index in [0.29, 0.717) is 34.3 Å². The second kappa shape index (κ2) is 9.20. The van der Waals surface area contributed by atoms with Gasteiger partial charge >= 0.3 is 0 Å². The highest BCUT2D eigenvalue weighted by Crippen LogP contribution is 2.32. The number of rotatable bonds is 7. The van der Waals surface area contributed by atoms with Gasteiger partial charge in [-0.15, -0.1) is 6.58 Å². The molecule has 0 fully saturated rings. The number of carbonyl (C=O) groups is 1. The van der Waals surface area contributed by atoms with Crippen LogP contribution in [-0.2, 0) is 13.0 Å². The van der Waals surface area contributed by atoms with Crippen LogP contribution in [0.4, 0.5) is 5.13 Å². The van der Waals surface area contributed by atoms with Crippen molar-refractivity contribution in [2.45, 2.75) is 19.9 Å². The molecule has 0 aliphatic carbocycles. The fourth-order valence-corrected chi connectivity index (χ4v) is 4.49. The smallest absolute Gasteiger partial charge is 0.257 e. The molecule has 0 spiro atoms. The van der Waals surface area contributed by atoms with Gasteiger partial charge < -0.3 is 0 Å². The van der Waals surface area contributed by atoms with E-state index < -0.39 is 0 Å². The molecule has 156 valence electrons. The minimum Gasteiger partial charge on any atom is -0.298 e. The van der Waals surface area contributed by atoms with Crippen LogP contribution < -0.4 is 5.32 Å². The van der Waals surface area contributed by atoms with Crippen LogP contribution in [0, 0.1) is 11.7 Å². The Hall–Kier alpha value is -3.36. The maximum absolute atomic E-state index is 13.1. The van der Waals surface area contributed by atoms with E-state index in [1.807, 2.05) is 54.0 Å². The van der Waals surface area contributed by atoms with E-state index >= 15 is 0 Å². The lowest BCUT2D eigenvalue weighted by atomic mass is 9.99. The summed E-state index contributed by atoms with van der Waals surface area (Å²) in [5.74, 6) is 0.502. The third-order valence-electron chi connectivity index (χ3n) is 4.79. The van der Waals surface area contributed by atoms with Crippen molar-refractivity contribution in [2.24, 2.45) is 0 Å². The van der Waals surface area contributed by atoms with Crippen LogP contribution in [0.5, 0.6) is 0 Å². The molecule has 6 nitrogen and oxygen atoms in total. The Labute approximate surface area is 189 Å². The average Bonchev–Trinajstić information content (AvgIpc) is 3.31. The van der Waals surface area contributed by atoms with Crippen molar-refractivity contribution in [3.63, 3.8) is 0 Å². The molecule has 2 heterocycles. The Balaban J connectivity index is 1.59. The molecule has 2 N–H and O–H groups in total. The van der Waals surface area contributed by atoms with Crippen LogP contribution in [0.1, 0.15) is 27.2 Å². The van der Waals surface area contributed by atoms with Gasteiger partial charge in [0.1, 0.15) is 0 Å². The summed E-state index contributed by atoms with van der Waals surface area (Å²) in [6.07, 6.45) is 2.44. The van der Waals surface area contributed by atoms with Crippen LogP contribution in [0.3, 0.4) is 0 Å². The normalized spacial score (nSPS) is 10.7. The van der Waals surface area contributed by atoms with Crippen molar-refractivity contribution in [2.75, 3.05) is 5.32 Å². The first-order valence-corrected chi connectivity index (χ1v) is 11.0. The lowest BCUT2D eigenvalue weighted by Crippen LogP contribution is -2.14. The molecule has 0 atom stereocenters. The van der Waals surface area contributed by atoms with Crippen LogP contribution >= 0.6 is 23.6 Å². The number of aromatic nitrogens is 4. The first-order valence-electron chi connectivity index (χ1n) is 9.74. The zero-order valence-electron chi connectivity index (χ0n) is 17.0. The zero-order chi connectivity index (χ0) is 21.8. The number of allylic oxidation sites excluding steroid dienone is 1. The van der Waals surface area contributed by atoms with Crippen molar-refractivity contribution in [1.29, 1.82) is 0 Å². The second-order valence-electron chi connectivity index (χ2n) is 6.96. The maximum atomic E-state index is 13.1. The highest BCUT2D eigenvalue weighted by Gasteiger charge is 2.18. The predicted molar refractivity (Wildman–Crippen MR) is 127 cm³/mol. The summed E-state index contributed by atoms with van der Waals surface area (Å²) in [6, 6.07) is 17.7. The highest BCUT2D eigenvalue weighted by atomic mass is 32.1. The summed E-state index contributed by atoms with van der Waals surface area (Å²) in [5.41, 5.74) is 3.53. The number of nitrogens with zero attached hydrogens (tertiary/aromatic N) is 3. The van der Waals surface area contributed by atoms with E-state index in [-0.39, 0.29) is 5.91 Å². The molecule has 0 unspecified atom stereocenters. The number of H-pyrrole nitrogens is 1. The molecular formula is C23H21N5OS2. The average molecular weight is 448 g/mol. The molecule has 0 bridgehead atoms. The summed E-state index contributed by atoms with van der Waals surface area (Å²) in [6.45, 7) is 6.20. The van der Waals surface area contributed by atoms with Gasteiger partial charge in [-0.2, -0.15) is 5.10 Å². The Kier molecular flexibility index (Phi) is 6.20. The number of aryl methyl sites for hydroxylation is 1. The van der Waals surface area contributed by atoms with Crippen molar-refractivity contribution in [3.05, 3.63) is 94.4 Å². The van der Waals surface area contributed by atoms with Gasteiger partial charge in [-0.05, 0) is 42.8 Å². The monoisotopic (exact) mass is 447 g/mol. The van der Waals surface area contributed by atoms with E-state index in [4.69, 9.17) is 12.2 Å². The minimum atomic E-state index is -0.184. The van der Waals surface area contributed by atoms with E-state index in [2.05, 4.69) is 39.2 Å². The Morgan fingerprint density at radius 2 is 1.97 bits per heavy atom. The van der Waals surface area contributed by atoms with Gasteiger partial charge in [-0.25, -0.2) is 4.98 Å². The van der Waals surface area contributed by atoms with Gasteiger partial charge in [0.2, 0.25) is 0 Å². The van der Waals surface area contributed by atoms with Crippen molar-refractivity contribution < 1.29 is 4.79 Å². The quantitative estimate of drug-likeness (QED) is 0.294. The SMILES string of the molecule is C=CCn1c(-c2sc(NC(=O)c3ccccc3Cc3ccccc3)nc2C)n[nH]c1=S. The first kappa shape index (κ1) is 20.9. The molecule has 2 aromatic heterocycles. The molecule has 4 aromatic rings. The molecule has 31 heavy (non-hydrogen) atoms. The Bertz CT molecular complexity index is 1290. The summed E-state index contributed by atoms with van der Waals surface area (Å²) >= 11 is 6.67.